The summed E-state index contributed by atoms with van der Waals surface area (Å²) in [6, 6.07) is 2.32. The van der Waals surface area contributed by atoms with Crippen LogP contribution >= 0.6 is 23.8 Å². The van der Waals surface area contributed by atoms with E-state index in [-0.39, 0.29) is 23.1 Å². The van der Waals surface area contributed by atoms with E-state index in [2.05, 4.69) is 10.6 Å². The minimum absolute atomic E-state index is 0.148. The van der Waals surface area contributed by atoms with Gasteiger partial charge in [-0.3, -0.25) is 0 Å². The molecule has 1 aromatic carbocycles. The fraction of sp³-hybridized carbons (Fsp3) is 0.389. The number of esters is 1. The lowest BCUT2D eigenvalue weighted by molar-refractivity contribution is -0.307. The van der Waals surface area contributed by atoms with Crippen molar-refractivity contribution >= 4 is 40.9 Å². The van der Waals surface area contributed by atoms with Crippen molar-refractivity contribution in [1.29, 1.82) is 0 Å². The van der Waals surface area contributed by atoms with Crippen molar-refractivity contribution in [3.63, 3.8) is 0 Å². The van der Waals surface area contributed by atoms with Crippen LogP contribution in [0.2, 0.25) is 5.02 Å². The lowest BCUT2D eigenvalue weighted by atomic mass is 9.95. The number of carbonyl (C=O) groups is 2. The van der Waals surface area contributed by atoms with Crippen LogP contribution in [0.5, 0.6) is 11.5 Å². The van der Waals surface area contributed by atoms with Gasteiger partial charge in [-0.05, 0) is 39.1 Å². The third-order valence-electron chi connectivity index (χ3n) is 3.78. The maximum Gasteiger partial charge on any atom is 0.338 e. The van der Waals surface area contributed by atoms with E-state index in [1.165, 1.54) is 6.07 Å². The topological polar surface area (TPSA) is 109 Å². The molecule has 2 N–H and O–H groups in total. The van der Waals surface area contributed by atoms with E-state index in [1.54, 1.807) is 26.8 Å². The minimum atomic E-state index is -1.38. The number of allylic oxidation sites excluding steroid dienone is 1. The number of carboxylic acid groups (broad SMARTS) is 1. The standard InChI is InChI=1S/C18H21ClN2O6S/c1-4-25-12-6-10(11(19)7-13(12)27-8-14(22)23)16-15(17(24)26-5-2)9(3)20-18(28)21-16/h6-7,16H,4-5,8H2,1-3H3,(H,22,23)(H2,20,21,28)/p-1. The molecule has 0 saturated heterocycles. The molecule has 0 bridgehead atoms. The highest BCUT2D eigenvalue weighted by Crippen LogP contribution is 2.39. The molecular weight excluding hydrogens is 408 g/mol. The van der Waals surface area contributed by atoms with Crippen molar-refractivity contribution in [3.8, 4) is 11.5 Å². The Morgan fingerprint density at radius 1 is 1.21 bits per heavy atom. The number of ether oxygens (including phenoxy) is 3. The summed E-state index contributed by atoms with van der Waals surface area (Å²) in [6.07, 6.45) is 0. The summed E-state index contributed by atoms with van der Waals surface area (Å²) >= 11 is 11.6. The normalized spacial score (nSPS) is 16.1. The van der Waals surface area contributed by atoms with Crippen molar-refractivity contribution in [1.82, 2.24) is 10.6 Å². The van der Waals surface area contributed by atoms with Crippen LogP contribution < -0.4 is 25.2 Å². The molecule has 0 aliphatic carbocycles. The molecule has 1 aliphatic rings. The lowest BCUT2D eigenvalue weighted by Crippen LogP contribution is -2.45. The van der Waals surface area contributed by atoms with Gasteiger partial charge in [0.1, 0.15) is 6.61 Å². The van der Waals surface area contributed by atoms with Gasteiger partial charge < -0.3 is 34.7 Å². The largest absolute Gasteiger partial charge is 0.546 e. The second-order valence-electron chi connectivity index (χ2n) is 5.70. The number of rotatable bonds is 8. The predicted molar refractivity (Wildman–Crippen MR) is 104 cm³/mol. The summed E-state index contributed by atoms with van der Waals surface area (Å²) in [5.74, 6) is -1.47. The second-order valence-corrected chi connectivity index (χ2v) is 6.52. The SMILES string of the molecule is CCOC(=O)C1=C(C)NC(=S)NC1c1cc(OCC)c(OCC(=O)[O-])cc1Cl. The van der Waals surface area contributed by atoms with Crippen LogP contribution in [0.25, 0.3) is 0 Å². The number of aliphatic carboxylic acids is 1. The monoisotopic (exact) mass is 427 g/mol. The molecule has 0 saturated carbocycles. The highest BCUT2D eigenvalue weighted by Gasteiger charge is 2.33. The van der Waals surface area contributed by atoms with Crippen molar-refractivity contribution in [2.75, 3.05) is 19.8 Å². The molecule has 0 amide bonds. The highest BCUT2D eigenvalue weighted by atomic mass is 35.5. The number of benzene rings is 1. The Morgan fingerprint density at radius 2 is 1.89 bits per heavy atom. The number of hydrogen-bond donors (Lipinski definition) is 2. The summed E-state index contributed by atoms with van der Waals surface area (Å²) in [5, 5.41) is 17.2. The van der Waals surface area contributed by atoms with Crippen molar-refractivity contribution in [2.24, 2.45) is 0 Å². The first kappa shape index (κ1) is 21.8. The fourth-order valence-electron chi connectivity index (χ4n) is 2.70. The van der Waals surface area contributed by atoms with Crippen LogP contribution in [0.3, 0.4) is 0 Å². The predicted octanol–water partition coefficient (Wildman–Crippen LogP) is 1.22. The van der Waals surface area contributed by atoms with Crippen molar-refractivity contribution in [3.05, 3.63) is 34.0 Å². The van der Waals surface area contributed by atoms with Gasteiger partial charge in [0, 0.05) is 17.3 Å². The van der Waals surface area contributed by atoms with Gasteiger partial charge in [-0.1, -0.05) is 11.6 Å². The molecule has 1 atom stereocenters. The summed E-state index contributed by atoms with van der Waals surface area (Å²) in [7, 11) is 0. The van der Waals surface area contributed by atoms with Crippen LogP contribution in [0.4, 0.5) is 0 Å². The number of nitrogens with one attached hydrogen (secondary N) is 2. The molecule has 0 fully saturated rings. The van der Waals surface area contributed by atoms with E-state index in [9.17, 15) is 14.7 Å². The van der Waals surface area contributed by atoms with Gasteiger partial charge in [-0.2, -0.15) is 0 Å². The summed E-state index contributed by atoms with van der Waals surface area (Å²) in [6.45, 7) is 5.05. The molecule has 2 rings (SSSR count). The summed E-state index contributed by atoms with van der Waals surface area (Å²) in [5.41, 5.74) is 1.36. The second kappa shape index (κ2) is 9.61. The van der Waals surface area contributed by atoms with Crippen LogP contribution in [-0.4, -0.2) is 36.9 Å². The van der Waals surface area contributed by atoms with Gasteiger partial charge in [0.05, 0.1) is 35.8 Å². The van der Waals surface area contributed by atoms with Gasteiger partial charge in [-0.15, -0.1) is 0 Å². The Kier molecular flexibility index (Phi) is 7.47. The van der Waals surface area contributed by atoms with Gasteiger partial charge in [0.25, 0.3) is 0 Å². The van der Waals surface area contributed by atoms with E-state index in [0.29, 0.717) is 28.6 Å². The van der Waals surface area contributed by atoms with Gasteiger partial charge in [0.2, 0.25) is 0 Å². The highest BCUT2D eigenvalue weighted by molar-refractivity contribution is 7.80. The van der Waals surface area contributed by atoms with Crippen molar-refractivity contribution < 1.29 is 28.9 Å². The third-order valence-corrected chi connectivity index (χ3v) is 4.33. The fourth-order valence-corrected chi connectivity index (χ4v) is 3.23. The molecule has 10 heteroatoms. The van der Waals surface area contributed by atoms with Gasteiger partial charge in [-0.25, -0.2) is 4.79 Å². The molecule has 152 valence electrons. The maximum atomic E-state index is 12.5. The van der Waals surface area contributed by atoms with E-state index in [1.807, 2.05) is 0 Å². The zero-order valence-electron chi connectivity index (χ0n) is 15.6. The quantitative estimate of drug-likeness (QED) is 0.467. The molecule has 1 heterocycles. The van der Waals surface area contributed by atoms with Crippen LogP contribution in [0.15, 0.2) is 23.4 Å². The Bertz CT molecular complexity index is 827. The molecule has 28 heavy (non-hydrogen) atoms. The Balaban J connectivity index is 2.52. The molecule has 0 radical (unpaired) electrons. The Labute approximate surface area is 172 Å². The Hall–Kier alpha value is -2.52. The minimum Gasteiger partial charge on any atom is -0.546 e. The van der Waals surface area contributed by atoms with E-state index in [4.69, 9.17) is 38.0 Å². The number of carboxylic acids is 1. The molecule has 0 aromatic heterocycles. The number of carbonyl (C=O) groups excluding carboxylic acids is 2. The first-order valence-electron chi connectivity index (χ1n) is 8.52. The first-order valence-corrected chi connectivity index (χ1v) is 9.31. The average Bonchev–Trinajstić information content (AvgIpc) is 2.61. The zero-order valence-corrected chi connectivity index (χ0v) is 17.2. The summed E-state index contributed by atoms with van der Waals surface area (Å²) < 4.78 is 15.9. The van der Waals surface area contributed by atoms with Gasteiger partial charge >= 0.3 is 5.97 Å². The smallest absolute Gasteiger partial charge is 0.338 e. The average molecular weight is 428 g/mol. The molecule has 1 unspecified atom stereocenters. The van der Waals surface area contributed by atoms with Crippen LogP contribution in [0, 0.1) is 0 Å². The maximum absolute atomic E-state index is 12.5. The van der Waals surface area contributed by atoms with Gasteiger partial charge in [0.15, 0.2) is 16.6 Å². The molecular formula is C18H20ClN2O6S-. The number of thiocarbonyl (C=S) groups is 1. The van der Waals surface area contributed by atoms with Crippen LogP contribution in [0.1, 0.15) is 32.4 Å². The summed E-state index contributed by atoms with van der Waals surface area (Å²) in [4.78, 5) is 23.2. The number of halogens is 1. The third kappa shape index (κ3) is 5.05. The number of hydrogen-bond acceptors (Lipinski definition) is 7. The van der Waals surface area contributed by atoms with E-state index in [0.717, 1.165) is 0 Å². The van der Waals surface area contributed by atoms with Crippen molar-refractivity contribution in [2.45, 2.75) is 26.8 Å². The molecule has 8 nitrogen and oxygen atoms in total. The van der Waals surface area contributed by atoms with E-state index >= 15 is 0 Å². The first-order chi connectivity index (χ1) is 13.3. The molecule has 1 aromatic rings. The van der Waals surface area contributed by atoms with E-state index < -0.39 is 24.6 Å². The van der Waals surface area contributed by atoms with Crippen LogP contribution in [-0.2, 0) is 14.3 Å². The Morgan fingerprint density at radius 3 is 2.50 bits per heavy atom. The zero-order chi connectivity index (χ0) is 20.8. The molecule has 0 spiro atoms. The lowest BCUT2D eigenvalue weighted by Gasteiger charge is -2.30. The molecule has 1 aliphatic heterocycles.